The van der Waals surface area contributed by atoms with Crippen molar-refractivity contribution in [3.63, 3.8) is 0 Å². The van der Waals surface area contributed by atoms with Crippen LogP contribution >= 0.6 is 0 Å². The van der Waals surface area contributed by atoms with Crippen LogP contribution in [0.3, 0.4) is 0 Å². The van der Waals surface area contributed by atoms with E-state index in [1.54, 1.807) is 4.90 Å². The SMILES string of the molecule is C=CCC1(C(=O)N2C[C@H](c3ccccc3)[C@H](C(=O)O)C2)CCC1. The van der Waals surface area contributed by atoms with Crippen LogP contribution in [0.1, 0.15) is 37.2 Å². The molecule has 0 bridgehead atoms. The fourth-order valence-corrected chi connectivity index (χ4v) is 3.98. The Morgan fingerprint density at radius 2 is 1.96 bits per heavy atom. The number of carbonyl (C=O) groups is 2. The molecular weight excluding hydrogens is 290 g/mol. The van der Waals surface area contributed by atoms with Gasteiger partial charge in [0.25, 0.3) is 0 Å². The maximum atomic E-state index is 13.0. The predicted octanol–water partition coefficient (Wildman–Crippen LogP) is 3.06. The Balaban J connectivity index is 1.82. The first-order valence-electron chi connectivity index (χ1n) is 8.25. The van der Waals surface area contributed by atoms with Gasteiger partial charge >= 0.3 is 5.97 Å². The molecule has 1 N–H and O–H groups in total. The Hall–Kier alpha value is -2.10. The smallest absolute Gasteiger partial charge is 0.308 e. The molecule has 2 atom stereocenters. The number of hydrogen-bond donors (Lipinski definition) is 1. The Bertz CT molecular complexity index is 606. The molecule has 0 unspecified atom stereocenters. The van der Waals surface area contributed by atoms with Crippen molar-refractivity contribution in [2.24, 2.45) is 11.3 Å². The topological polar surface area (TPSA) is 57.6 Å². The first-order valence-corrected chi connectivity index (χ1v) is 8.25. The van der Waals surface area contributed by atoms with Crippen molar-refractivity contribution >= 4 is 11.9 Å². The third-order valence-electron chi connectivity index (χ3n) is 5.45. The zero-order valence-electron chi connectivity index (χ0n) is 13.3. The van der Waals surface area contributed by atoms with Crippen molar-refractivity contribution < 1.29 is 14.7 Å². The third kappa shape index (κ3) is 2.78. The molecule has 1 aliphatic carbocycles. The number of amides is 1. The number of nitrogens with zero attached hydrogens (tertiary/aromatic N) is 1. The second kappa shape index (κ2) is 6.19. The minimum Gasteiger partial charge on any atom is -0.481 e. The van der Waals surface area contributed by atoms with Gasteiger partial charge < -0.3 is 10.0 Å². The Labute approximate surface area is 136 Å². The third-order valence-corrected chi connectivity index (χ3v) is 5.45. The van der Waals surface area contributed by atoms with Crippen molar-refractivity contribution in [1.82, 2.24) is 4.90 Å². The van der Waals surface area contributed by atoms with Crippen LogP contribution in [0.15, 0.2) is 43.0 Å². The zero-order chi connectivity index (χ0) is 16.4. The van der Waals surface area contributed by atoms with E-state index in [0.717, 1.165) is 24.8 Å². The molecule has 1 aliphatic heterocycles. The van der Waals surface area contributed by atoms with Gasteiger partial charge in [-0.3, -0.25) is 9.59 Å². The molecule has 4 nitrogen and oxygen atoms in total. The van der Waals surface area contributed by atoms with E-state index in [-0.39, 0.29) is 17.2 Å². The number of carboxylic acids is 1. The molecule has 4 heteroatoms. The lowest BCUT2D eigenvalue weighted by atomic mass is 9.65. The van der Waals surface area contributed by atoms with E-state index < -0.39 is 11.9 Å². The summed E-state index contributed by atoms with van der Waals surface area (Å²) in [7, 11) is 0. The molecule has 1 aromatic carbocycles. The maximum Gasteiger partial charge on any atom is 0.308 e. The second-order valence-electron chi connectivity index (χ2n) is 6.80. The Morgan fingerprint density at radius 1 is 1.26 bits per heavy atom. The van der Waals surface area contributed by atoms with Crippen LogP contribution in [0.25, 0.3) is 0 Å². The molecule has 2 fully saturated rings. The summed E-state index contributed by atoms with van der Waals surface area (Å²) in [6.07, 6.45) is 5.36. The van der Waals surface area contributed by atoms with E-state index in [1.165, 1.54) is 0 Å². The van der Waals surface area contributed by atoms with Gasteiger partial charge in [-0.25, -0.2) is 0 Å². The molecule has 1 saturated heterocycles. The van der Waals surface area contributed by atoms with Gasteiger partial charge in [0.1, 0.15) is 0 Å². The lowest BCUT2D eigenvalue weighted by Gasteiger charge is -2.42. The van der Waals surface area contributed by atoms with Gasteiger partial charge in [0.2, 0.25) is 5.91 Å². The summed E-state index contributed by atoms with van der Waals surface area (Å²) < 4.78 is 0. The lowest BCUT2D eigenvalue weighted by molar-refractivity contribution is -0.147. The minimum atomic E-state index is -0.819. The summed E-state index contributed by atoms with van der Waals surface area (Å²) in [4.78, 5) is 26.4. The van der Waals surface area contributed by atoms with E-state index in [2.05, 4.69) is 6.58 Å². The summed E-state index contributed by atoms with van der Waals surface area (Å²) in [6, 6.07) is 9.67. The van der Waals surface area contributed by atoms with Gasteiger partial charge in [0.05, 0.1) is 11.3 Å². The summed E-state index contributed by atoms with van der Waals surface area (Å²) in [5.74, 6) is -1.35. The van der Waals surface area contributed by atoms with Crippen LogP contribution in [-0.4, -0.2) is 35.0 Å². The molecule has 0 radical (unpaired) electrons. The molecule has 122 valence electrons. The van der Waals surface area contributed by atoms with E-state index >= 15 is 0 Å². The van der Waals surface area contributed by atoms with Crippen LogP contribution in [0, 0.1) is 11.3 Å². The van der Waals surface area contributed by atoms with E-state index in [9.17, 15) is 14.7 Å². The van der Waals surface area contributed by atoms with Gasteiger partial charge in [0, 0.05) is 19.0 Å². The van der Waals surface area contributed by atoms with Crippen molar-refractivity contribution in [3.05, 3.63) is 48.6 Å². The summed E-state index contributed by atoms with van der Waals surface area (Å²) in [5.41, 5.74) is 0.678. The predicted molar refractivity (Wildman–Crippen MR) is 88.0 cm³/mol. The Kier molecular flexibility index (Phi) is 4.24. The number of rotatable bonds is 5. The summed E-state index contributed by atoms with van der Waals surface area (Å²) >= 11 is 0. The molecule has 1 heterocycles. The number of carboxylic acid groups (broad SMARTS) is 1. The van der Waals surface area contributed by atoms with Crippen LogP contribution in [0.4, 0.5) is 0 Å². The van der Waals surface area contributed by atoms with E-state index in [4.69, 9.17) is 0 Å². The Morgan fingerprint density at radius 3 is 2.48 bits per heavy atom. The van der Waals surface area contributed by atoms with Gasteiger partial charge in [0.15, 0.2) is 0 Å². The average molecular weight is 313 g/mol. The second-order valence-corrected chi connectivity index (χ2v) is 6.80. The van der Waals surface area contributed by atoms with E-state index in [0.29, 0.717) is 19.5 Å². The highest BCUT2D eigenvalue weighted by Gasteiger charge is 2.49. The van der Waals surface area contributed by atoms with Crippen LogP contribution in [0.2, 0.25) is 0 Å². The number of carbonyl (C=O) groups excluding carboxylic acids is 1. The number of hydrogen-bond acceptors (Lipinski definition) is 2. The highest BCUT2D eigenvalue weighted by Crippen LogP contribution is 2.47. The van der Waals surface area contributed by atoms with Crippen molar-refractivity contribution in [2.45, 2.75) is 31.6 Å². The van der Waals surface area contributed by atoms with Gasteiger partial charge in [-0.05, 0) is 24.8 Å². The fraction of sp³-hybridized carbons (Fsp3) is 0.474. The number of aliphatic carboxylic acids is 1. The first kappa shape index (κ1) is 15.8. The highest BCUT2D eigenvalue weighted by molar-refractivity contribution is 5.85. The molecule has 23 heavy (non-hydrogen) atoms. The standard InChI is InChI=1S/C19H23NO3/c1-2-9-19(10-6-11-19)18(23)20-12-15(16(13-20)17(21)22)14-7-4-3-5-8-14/h2-5,7-8,15-16H,1,6,9-13H2,(H,21,22)/t15-,16-/m1/s1. The quantitative estimate of drug-likeness (QED) is 0.850. The lowest BCUT2D eigenvalue weighted by Crippen LogP contribution is -2.47. The molecule has 1 aromatic rings. The fourth-order valence-electron chi connectivity index (χ4n) is 3.98. The van der Waals surface area contributed by atoms with Crippen LogP contribution in [-0.2, 0) is 9.59 Å². The minimum absolute atomic E-state index is 0.119. The van der Waals surface area contributed by atoms with Crippen LogP contribution < -0.4 is 0 Å². The van der Waals surface area contributed by atoms with Gasteiger partial charge in [-0.2, -0.15) is 0 Å². The molecule has 1 saturated carbocycles. The van der Waals surface area contributed by atoms with Gasteiger partial charge in [-0.1, -0.05) is 42.8 Å². The van der Waals surface area contributed by atoms with Crippen LogP contribution in [0.5, 0.6) is 0 Å². The maximum absolute atomic E-state index is 13.0. The highest BCUT2D eigenvalue weighted by atomic mass is 16.4. The largest absolute Gasteiger partial charge is 0.481 e. The summed E-state index contributed by atoms with van der Waals surface area (Å²) in [6.45, 7) is 4.59. The van der Waals surface area contributed by atoms with Crippen molar-refractivity contribution in [2.75, 3.05) is 13.1 Å². The molecule has 2 aliphatic rings. The molecule has 1 amide bonds. The van der Waals surface area contributed by atoms with Crippen molar-refractivity contribution in [3.8, 4) is 0 Å². The zero-order valence-corrected chi connectivity index (χ0v) is 13.3. The molecular formula is C19H23NO3. The van der Waals surface area contributed by atoms with Crippen molar-refractivity contribution in [1.29, 1.82) is 0 Å². The number of likely N-dealkylation sites (tertiary alicyclic amines) is 1. The summed E-state index contributed by atoms with van der Waals surface area (Å²) in [5, 5.41) is 9.57. The first-order chi connectivity index (χ1) is 11.1. The number of allylic oxidation sites excluding steroid dienone is 1. The normalized spacial score (nSPS) is 25.7. The molecule has 0 spiro atoms. The molecule has 3 rings (SSSR count). The molecule has 0 aromatic heterocycles. The van der Waals surface area contributed by atoms with Gasteiger partial charge in [-0.15, -0.1) is 6.58 Å². The average Bonchev–Trinajstić information content (AvgIpc) is 2.96. The monoisotopic (exact) mass is 313 g/mol. The number of benzene rings is 1. The van der Waals surface area contributed by atoms with E-state index in [1.807, 2.05) is 36.4 Å².